The van der Waals surface area contributed by atoms with E-state index in [1.165, 1.54) is 24.8 Å². The van der Waals surface area contributed by atoms with Crippen LogP contribution < -0.4 is 0 Å². The van der Waals surface area contributed by atoms with Gasteiger partial charge in [-0.25, -0.2) is 0 Å². The van der Waals surface area contributed by atoms with Crippen molar-refractivity contribution in [1.82, 2.24) is 0 Å². The molecule has 7 heteroatoms. The van der Waals surface area contributed by atoms with E-state index in [1.807, 2.05) is 6.92 Å². The van der Waals surface area contributed by atoms with Crippen molar-refractivity contribution in [2.75, 3.05) is 0 Å². The SMILES string of the molecule is C[C](=[Cr])O[C@@H]1C[C@H](C)CC[C@H]1C(C)(C)c1ccccc1.[C-]#[O+].[C-]#[O+].[C-]#[O+].[C-]#[O+].[C-]#[O+]. The third-order valence-corrected chi connectivity index (χ3v) is 4.97. The van der Waals surface area contributed by atoms with Gasteiger partial charge in [0.15, 0.2) is 0 Å². The molecule has 1 aromatic rings. The Morgan fingerprint density at radius 2 is 1.33 bits per heavy atom. The van der Waals surface area contributed by atoms with Gasteiger partial charge in [-0.15, -0.1) is 0 Å². The monoisotopic (exact) mass is 450 g/mol. The molecule has 0 aliphatic heterocycles. The normalized spacial score (nSPS) is 18.5. The van der Waals surface area contributed by atoms with Crippen molar-refractivity contribution in [3.05, 3.63) is 69.1 Å². The van der Waals surface area contributed by atoms with E-state index in [1.54, 1.807) is 0 Å². The van der Waals surface area contributed by atoms with Gasteiger partial charge in [-0.1, -0.05) is 0 Å². The summed E-state index contributed by atoms with van der Waals surface area (Å²) in [6, 6.07) is 10.9. The van der Waals surface area contributed by atoms with Gasteiger partial charge in [0.05, 0.1) is 0 Å². The maximum atomic E-state index is 7.50. The Kier molecular flexibility index (Phi) is 28.0. The fraction of sp³-hybridized carbons (Fsp3) is 0.478. The predicted octanol–water partition coefficient (Wildman–Crippen LogP) is 4.29. The van der Waals surface area contributed by atoms with Crippen molar-refractivity contribution < 1.29 is 43.8 Å². The fourth-order valence-corrected chi connectivity index (χ4v) is 3.77. The minimum absolute atomic E-state index is 0.154. The number of ether oxygens (including phenoxy) is 1. The van der Waals surface area contributed by atoms with Crippen LogP contribution >= 0.6 is 0 Å². The number of hydrogen-bond donors (Lipinski definition) is 0. The average Bonchev–Trinajstić information content (AvgIpc) is 2.81. The van der Waals surface area contributed by atoms with Crippen LogP contribution in [-0.4, -0.2) is 10.7 Å². The molecular formula is C23H26CrO6. The molecule has 6 nitrogen and oxygen atoms in total. The Bertz CT molecular complexity index is 623. The molecule has 0 saturated heterocycles. The summed E-state index contributed by atoms with van der Waals surface area (Å²) < 4.78 is 44.6. The Morgan fingerprint density at radius 1 is 0.900 bits per heavy atom. The van der Waals surface area contributed by atoms with Crippen LogP contribution in [0, 0.1) is 45.1 Å². The summed E-state index contributed by atoms with van der Waals surface area (Å²) >= 11 is 3.01. The number of rotatable bonds is 4. The third-order valence-electron chi connectivity index (χ3n) is 4.82. The van der Waals surface area contributed by atoms with E-state index in [0.29, 0.717) is 12.0 Å². The van der Waals surface area contributed by atoms with Crippen molar-refractivity contribution in [3.63, 3.8) is 0 Å². The molecule has 0 aromatic heterocycles. The topological polar surface area (TPSA) is 109 Å². The van der Waals surface area contributed by atoms with Gasteiger partial charge in [0.2, 0.25) is 0 Å². The van der Waals surface area contributed by atoms with Crippen LogP contribution in [0.15, 0.2) is 30.3 Å². The van der Waals surface area contributed by atoms with Crippen molar-refractivity contribution in [1.29, 1.82) is 0 Å². The Balaban J connectivity index is -0.000000296. The molecule has 1 aliphatic carbocycles. The minimum atomic E-state index is 0.154. The van der Waals surface area contributed by atoms with Gasteiger partial charge >= 0.3 is 188 Å². The van der Waals surface area contributed by atoms with E-state index in [0.717, 1.165) is 10.5 Å². The van der Waals surface area contributed by atoms with Crippen molar-refractivity contribution in [2.45, 2.75) is 58.5 Å². The van der Waals surface area contributed by atoms with E-state index in [9.17, 15) is 0 Å². The van der Waals surface area contributed by atoms with Gasteiger partial charge in [0.1, 0.15) is 0 Å². The molecule has 3 atom stereocenters. The summed E-state index contributed by atoms with van der Waals surface area (Å²) in [6.45, 7) is 31.6. The molecule has 2 rings (SSSR count). The van der Waals surface area contributed by atoms with Gasteiger partial charge in [-0.2, -0.15) is 0 Å². The van der Waals surface area contributed by atoms with E-state index in [2.05, 4.69) is 100 Å². The van der Waals surface area contributed by atoms with Gasteiger partial charge < -0.3 is 0 Å². The van der Waals surface area contributed by atoms with Gasteiger partial charge in [-0.3, -0.25) is 0 Å². The molecule has 1 aliphatic rings. The molecule has 0 bridgehead atoms. The van der Waals surface area contributed by atoms with Crippen LogP contribution in [0.3, 0.4) is 0 Å². The Morgan fingerprint density at radius 3 is 1.73 bits per heavy atom. The van der Waals surface area contributed by atoms with Crippen LogP contribution in [0.1, 0.15) is 52.5 Å². The first-order valence-corrected chi connectivity index (χ1v) is 9.30. The summed E-state index contributed by atoms with van der Waals surface area (Å²) in [7, 11) is 0. The van der Waals surface area contributed by atoms with Crippen LogP contribution in [0.25, 0.3) is 0 Å². The molecule has 0 spiro atoms. The van der Waals surface area contributed by atoms with E-state index >= 15 is 0 Å². The van der Waals surface area contributed by atoms with Crippen LogP contribution in [0.2, 0.25) is 0 Å². The molecule has 30 heavy (non-hydrogen) atoms. The molecule has 0 unspecified atom stereocenters. The van der Waals surface area contributed by atoms with Crippen molar-refractivity contribution in [2.24, 2.45) is 11.8 Å². The summed E-state index contributed by atoms with van der Waals surface area (Å²) in [5.74, 6) is 1.34. The number of benzene rings is 1. The van der Waals surface area contributed by atoms with Crippen LogP contribution in [-0.2, 0) is 49.3 Å². The van der Waals surface area contributed by atoms with Crippen LogP contribution in [0.5, 0.6) is 0 Å². The first-order valence-electron chi connectivity index (χ1n) is 8.66. The van der Waals surface area contributed by atoms with Crippen LogP contribution in [0.4, 0.5) is 0 Å². The first-order chi connectivity index (χ1) is 14.4. The van der Waals surface area contributed by atoms with E-state index < -0.39 is 0 Å². The van der Waals surface area contributed by atoms with Crippen molar-refractivity contribution in [3.8, 4) is 0 Å². The molecule has 0 N–H and O–H groups in total. The zero-order chi connectivity index (χ0) is 24.8. The van der Waals surface area contributed by atoms with Crippen molar-refractivity contribution >= 4 is 4.57 Å². The zero-order valence-corrected chi connectivity index (χ0v) is 18.9. The Labute approximate surface area is 187 Å². The third kappa shape index (κ3) is 13.5. The molecule has 160 valence electrons. The van der Waals surface area contributed by atoms with E-state index in [4.69, 9.17) is 28.0 Å². The zero-order valence-electron chi connectivity index (χ0n) is 17.6. The molecular weight excluding hydrogens is 424 g/mol. The van der Waals surface area contributed by atoms with Gasteiger partial charge in [0, 0.05) is 0 Å². The summed E-state index contributed by atoms with van der Waals surface area (Å²) in [5.41, 5.74) is 1.58. The predicted molar refractivity (Wildman–Crippen MR) is 101 cm³/mol. The molecule has 0 radical (unpaired) electrons. The second kappa shape index (κ2) is 23.6. The summed E-state index contributed by atoms with van der Waals surface area (Å²) in [5, 5.41) is 0. The standard InChI is InChI=1S/C18H26O.5CO.Cr/c1-5-19-17-13-14(2)11-12-16(17)18(3,4)15-9-7-6-8-10-15;5*1-2;/h6-10,14,16-17H,11-13H2,1-4H3;;;;;;/t14-,16-,17-;;;;;;/m1....../s1. The molecule has 0 amide bonds. The molecule has 1 aromatic carbocycles. The van der Waals surface area contributed by atoms with Gasteiger partial charge in [0.25, 0.3) is 0 Å². The fourth-order valence-electron chi connectivity index (χ4n) is 3.58. The first kappa shape index (κ1) is 35.7. The second-order valence-electron chi connectivity index (χ2n) is 6.76. The average molecular weight is 450 g/mol. The molecule has 1 saturated carbocycles. The molecule has 0 heterocycles. The quantitative estimate of drug-likeness (QED) is 0.495. The summed E-state index contributed by atoms with van der Waals surface area (Å²) in [4.78, 5) is 0. The molecule has 1 fully saturated rings. The number of hydrogen-bond acceptors (Lipinski definition) is 1. The summed E-state index contributed by atoms with van der Waals surface area (Å²) in [6.07, 6.45) is 4.06. The maximum absolute atomic E-state index is 7.50. The Hall–Kier alpha value is -1.72. The van der Waals surface area contributed by atoms with E-state index in [-0.39, 0.29) is 5.41 Å². The second-order valence-corrected chi connectivity index (χ2v) is 7.66. The van der Waals surface area contributed by atoms with Gasteiger partial charge in [-0.05, 0) is 0 Å².